The quantitative estimate of drug-likeness (QED) is 0.859. The maximum atomic E-state index is 13.7. The zero-order chi connectivity index (χ0) is 15.5. The summed E-state index contributed by atoms with van der Waals surface area (Å²) in [5.41, 5.74) is 0.643. The van der Waals surface area contributed by atoms with E-state index in [2.05, 4.69) is 4.72 Å². The van der Waals surface area contributed by atoms with Crippen molar-refractivity contribution in [1.82, 2.24) is 4.72 Å². The molecule has 2 aromatic carbocycles. The third-order valence-corrected chi connectivity index (χ3v) is 4.39. The lowest BCUT2D eigenvalue weighted by molar-refractivity contribution is 0.108. The van der Waals surface area contributed by atoms with Crippen molar-refractivity contribution in [3.63, 3.8) is 0 Å². The van der Waals surface area contributed by atoms with Crippen LogP contribution >= 0.6 is 11.6 Å². The lowest BCUT2D eigenvalue weighted by Gasteiger charge is -2.08. The number of sulfonamides is 1. The van der Waals surface area contributed by atoms with Crippen molar-refractivity contribution in [2.75, 3.05) is 0 Å². The largest absolute Gasteiger partial charge is 0.276 e. The van der Waals surface area contributed by atoms with Gasteiger partial charge in [0.25, 0.3) is 5.24 Å². The van der Waals surface area contributed by atoms with Crippen molar-refractivity contribution in [3.05, 3.63) is 65.5 Å². The van der Waals surface area contributed by atoms with Gasteiger partial charge in [0.05, 0.1) is 0 Å². The van der Waals surface area contributed by atoms with Gasteiger partial charge >= 0.3 is 0 Å². The number of rotatable bonds is 5. The van der Waals surface area contributed by atoms with Crippen LogP contribution in [0.4, 0.5) is 4.39 Å². The van der Waals surface area contributed by atoms with Crippen molar-refractivity contribution in [3.8, 4) is 0 Å². The van der Waals surface area contributed by atoms with Gasteiger partial charge in [0.15, 0.2) is 0 Å². The van der Waals surface area contributed by atoms with Crippen LogP contribution in [-0.2, 0) is 16.6 Å². The molecule has 0 fully saturated rings. The third-order valence-electron chi connectivity index (χ3n) is 2.76. The van der Waals surface area contributed by atoms with Crippen molar-refractivity contribution >= 4 is 26.9 Å². The number of nitrogens with one attached hydrogen (secondary N) is 1. The molecule has 21 heavy (non-hydrogen) atoms. The first-order chi connectivity index (χ1) is 9.90. The summed E-state index contributed by atoms with van der Waals surface area (Å²) < 4.78 is 40.1. The van der Waals surface area contributed by atoms with Crippen LogP contribution < -0.4 is 4.72 Å². The molecule has 0 saturated carbocycles. The summed E-state index contributed by atoms with van der Waals surface area (Å²) in [5, 5.41) is -0.852. The summed E-state index contributed by atoms with van der Waals surface area (Å²) >= 11 is 5.27. The van der Waals surface area contributed by atoms with Gasteiger partial charge in [-0.3, -0.25) is 4.79 Å². The highest BCUT2D eigenvalue weighted by molar-refractivity contribution is 7.89. The summed E-state index contributed by atoms with van der Waals surface area (Å²) in [5.74, 6) is -0.947. The molecule has 110 valence electrons. The maximum absolute atomic E-state index is 13.7. The fourth-order valence-electron chi connectivity index (χ4n) is 1.68. The fraction of sp³-hybridized carbons (Fsp3) is 0.0714. The predicted octanol–water partition coefficient (Wildman–Crippen LogP) is 2.68. The lowest BCUT2D eigenvalue weighted by atomic mass is 10.2. The van der Waals surface area contributed by atoms with Gasteiger partial charge in [-0.2, -0.15) is 0 Å². The summed E-state index contributed by atoms with van der Waals surface area (Å²) in [6, 6.07) is 11.7. The zero-order valence-corrected chi connectivity index (χ0v) is 12.3. The Labute approximate surface area is 126 Å². The molecular formula is C14H11ClFNO3S. The minimum absolute atomic E-state index is 0.0155. The normalized spacial score (nSPS) is 11.3. The van der Waals surface area contributed by atoms with Crippen molar-refractivity contribution in [2.24, 2.45) is 0 Å². The van der Waals surface area contributed by atoms with E-state index in [1.165, 1.54) is 0 Å². The Morgan fingerprint density at radius 3 is 2.43 bits per heavy atom. The predicted molar refractivity (Wildman–Crippen MR) is 77.1 cm³/mol. The second kappa shape index (κ2) is 6.34. The number of hydrogen-bond acceptors (Lipinski definition) is 3. The van der Waals surface area contributed by atoms with Crippen LogP contribution in [0, 0.1) is 5.82 Å². The summed E-state index contributed by atoms with van der Waals surface area (Å²) in [6.45, 7) is 0.0155. The third kappa shape index (κ3) is 3.87. The smallest absolute Gasteiger partial charge is 0.252 e. The minimum Gasteiger partial charge on any atom is -0.276 e. The molecule has 0 amide bonds. The van der Waals surface area contributed by atoms with Crippen LogP contribution in [0.5, 0.6) is 0 Å². The molecule has 0 atom stereocenters. The Hall–Kier alpha value is -1.76. The van der Waals surface area contributed by atoms with E-state index in [0.717, 1.165) is 23.8 Å². The molecule has 0 aliphatic rings. The van der Waals surface area contributed by atoms with Gasteiger partial charge in [-0.1, -0.05) is 30.3 Å². The Morgan fingerprint density at radius 1 is 1.14 bits per heavy atom. The van der Waals surface area contributed by atoms with Gasteiger partial charge in [0, 0.05) is 12.1 Å². The Bertz CT molecular complexity index is 763. The Morgan fingerprint density at radius 2 is 1.81 bits per heavy atom. The van der Waals surface area contributed by atoms with Crippen LogP contribution in [-0.4, -0.2) is 13.7 Å². The number of carbonyl (C=O) groups excluding carboxylic acids is 1. The first-order valence-corrected chi connectivity index (χ1v) is 7.79. The molecule has 0 aliphatic heterocycles. The van der Waals surface area contributed by atoms with Crippen molar-refractivity contribution < 1.29 is 17.6 Å². The van der Waals surface area contributed by atoms with Crippen LogP contribution in [0.2, 0.25) is 0 Å². The van der Waals surface area contributed by atoms with E-state index in [1.807, 2.05) is 0 Å². The molecule has 0 bridgehead atoms. The maximum Gasteiger partial charge on any atom is 0.252 e. The molecule has 2 aromatic rings. The van der Waals surface area contributed by atoms with Gasteiger partial charge in [0.1, 0.15) is 10.7 Å². The average molecular weight is 328 g/mol. The standard InChI is InChI=1S/C14H11ClFNO3S/c15-14(18)11-6-7-12(16)13(8-11)21(19,20)17-9-10-4-2-1-3-5-10/h1-8,17H,9H2. The molecule has 0 radical (unpaired) electrons. The molecule has 7 heteroatoms. The van der Waals surface area contributed by atoms with Gasteiger partial charge in [-0.05, 0) is 35.4 Å². The molecule has 4 nitrogen and oxygen atoms in total. The Balaban J connectivity index is 2.27. The highest BCUT2D eigenvalue weighted by Gasteiger charge is 2.20. The van der Waals surface area contributed by atoms with E-state index >= 15 is 0 Å². The topological polar surface area (TPSA) is 63.2 Å². The van der Waals surface area contributed by atoms with Crippen molar-refractivity contribution in [1.29, 1.82) is 0 Å². The summed E-state index contributed by atoms with van der Waals surface area (Å²) in [6.07, 6.45) is 0. The number of halogens is 2. The minimum atomic E-state index is -4.08. The fourth-order valence-corrected chi connectivity index (χ4v) is 2.92. The lowest BCUT2D eigenvalue weighted by Crippen LogP contribution is -2.24. The van der Waals surface area contributed by atoms with E-state index in [4.69, 9.17) is 11.6 Å². The second-order valence-electron chi connectivity index (χ2n) is 4.23. The molecular weight excluding hydrogens is 317 g/mol. The molecule has 0 heterocycles. The number of hydrogen-bond donors (Lipinski definition) is 1. The molecule has 2 rings (SSSR count). The highest BCUT2D eigenvalue weighted by atomic mass is 35.5. The van der Waals surface area contributed by atoms with E-state index in [9.17, 15) is 17.6 Å². The SMILES string of the molecule is O=C(Cl)c1ccc(F)c(S(=O)(=O)NCc2ccccc2)c1. The van der Waals surface area contributed by atoms with Gasteiger partial charge < -0.3 is 0 Å². The molecule has 0 spiro atoms. The van der Waals surface area contributed by atoms with Crippen LogP contribution in [0.1, 0.15) is 15.9 Å². The van der Waals surface area contributed by atoms with Gasteiger partial charge in [-0.25, -0.2) is 17.5 Å². The summed E-state index contributed by atoms with van der Waals surface area (Å²) in [7, 11) is -4.08. The second-order valence-corrected chi connectivity index (χ2v) is 6.31. The molecule has 1 N–H and O–H groups in total. The van der Waals surface area contributed by atoms with Crippen LogP contribution in [0.25, 0.3) is 0 Å². The van der Waals surface area contributed by atoms with E-state index in [-0.39, 0.29) is 12.1 Å². The Kier molecular flexibility index (Phi) is 4.72. The molecule has 0 unspecified atom stereocenters. The molecule has 0 aliphatic carbocycles. The first kappa shape index (κ1) is 15.6. The zero-order valence-electron chi connectivity index (χ0n) is 10.7. The highest BCUT2D eigenvalue weighted by Crippen LogP contribution is 2.18. The molecule has 0 saturated heterocycles. The van der Waals surface area contributed by atoms with E-state index in [0.29, 0.717) is 0 Å². The monoisotopic (exact) mass is 327 g/mol. The number of carbonyl (C=O) groups is 1. The van der Waals surface area contributed by atoms with E-state index < -0.39 is 26.0 Å². The first-order valence-electron chi connectivity index (χ1n) is 5.93. The molecule has 0 aromatic heterocycles. The van der Waals surface area contributed by atoms with Crippen molar-refractivity contribution in [2.45, 2.75) is 11.4 Å². The van der Waals surface area contributed by atoms with Gasteiger partial charge in [-0.15, -0.1) is 0 Å². The van der Waals surface area contributed by atoms with Gasteiger partial charge in [0.2, 0.25) is 10.0 Å². The van der Waals surface area contributed by atoms with Crippen LogP contribution in [0.15, 0.2) is 53.4 Å². The van der Waals surface area contributed by atoms with Crippen LogP contribution in [0.3, 0.4) is 0 Å². The average Bonchev–Trinajstić information content (AvgIpc) is 2.46. The number of benzene rings is 2. The summed E-state index contributed by atoms with van der Waals surface area (Å²) in [4.78, 5) is 10.4. The van der Waals surface area contributed by atoms with E-state index in [1.54, 1.807) is 30.3 Å².